The molecule has 3 N–H and O–H groups in total. The average Bonchev–Trinajstić information content (AvgIpc) is 3.13. The van der Waals surface area contributed by atoms with Crippen molar-refractivity contribution in [2.24, 2.45) is 5.92 Å². The number of hydrogen-bond donors (Lipinski definition) is 3. The molecule has 0 bridgehead atoms. The van der Waals surface area contributed by atoms with Gasteiger partial charge in [0.15, 0.2) is 0 Å². The monoisotopic (exact) mass is 631 g/mol. The number of benzene rings is 3. The Morgan fingerprint density at radius 2 is 1.55 bits per heavy atom. The van der Waals surface area contributed by atoms with Gasteiger partial charge in [0.25, 0.3) is 0 Å². The third kappa shape index (κ3) is 8.46. The van der Waals surface area contributed by atoms with Crippen molar-refractivity contribution in [1.29, 1.82) is 0 Å². The van der Waals surface area contributed by atoms with Gasteiger partial charge in [-0.2, -0.15) is 13.2 Å². The molecule has 2 aliphatic rings. The van der Waals surface area contributed by atoms with Gasteiger partial charge in [0.1, 0.15) is 0 Å². The second kappa shape index (κ2) is 13.9. The number of sulfonamides is 1. The number of carboxylic acid groups (broad SMARTS) is 1. The summed E-state index contributed by atoms with van der Waals surface area (Å²) in [6.45, 7) is 3.61. The first-order valence-corrected chi connectivity index (χ1v) is 15.7. The summed E-state index contributed by atoms with van der Waals surface area (Å²) < 4.78 is 60.3. The molecule has 0 radical (unpaired) electrons. The van der Waals surface area contributed by atoms with Crippen molar-refractivity contribution in [1.82, 2.24) is 14.9 Å². The van der Waals surface area contributed by atoms with Gasteiger partial charge in [0.05, 0.1) is 10.8 Å². The summed E-state index contributed by atoms with van der Waals surface area (Å²) >= 11 is 0. The van der Waals surface area contributed by atoms with Crippen LogP contribution in [0.2, 0.25) is 0 Å². The number of likely N-dealkylation sites (N-methyl/N-ethyl adjacent to an activating group) is 1. The number of nitrogens with zero attached hydrogens (tertiary/aromatic N) is 1. The van der Waals surface area contributed by atoms with Gasteiger partial charge in [-0.3, -0.25) is 4.79 Å². The molecule has 0 saturated carbocycles. The van der Waals surface area contributed by atoms with E-state index in [0.717, 1.165) is 18.4 Å². The molecule has 0 spiro atoms. The van der Waals surface area contributed by atoms with Crippen LogP contribution in [0.5, 0.6) is 0 Å². The largest absolute Gasteiger partial charge is 0.490 e. The van der Waals surface area contributed by atoms with Gasteiger partial charge in [0.2, 0.25) is 15.9 Å². The molecule has 3 aromatic rings. The number of fused-ring (bicyclic) bond motifs is 2. The minimum Gasteiger partial charge on any atom is -0.475 e. The molecule has 1 heterocycles. The Balaban J connectivity index is 0.000000566. The minimum absolute atomic E-state index is 0.0572. The SMILES string of the molecule is Cc1ccc(S(=O)(=O)N[C@H]2CNC[C@@H](C(=O)N(C)CC3Cc4ccccc4Cc4ccccc43)C2)cc1.O=C(O)C(F)(F)F. The van der Waals surface area contributed by atoms with E-state index in [1.54, 1.807) is 24.3 Å². The molecule has 44 heavy (non-hydrogen) atoms. The van der Waals surface area contributed by atoms with Gasteiger partial charge >= 0.3 is 12.1 Å². The summed E-state index contributed by atoms with van der Waals surface area (Å²) in [5.41, 5.74) is 6.33. The number of piperidine rings is 1. The summed E-state index contributed by atoms with van der Waals surface area (Å²) in [5.74, 6) is -2.77. The molecule has 1 amide bonds. The first-order chi connectivity index (χ1) is 20.7. The number of carbonyl (C=O) groups excluding carboxylic acids is 1. The molecular formula is C32H36F3N3O5S. The number of aliphatic carboxylic acids is 1. The zero-order valence-electron chi connectivity index (χ0n) is 24.5. The van der Waals surface area contributed by atoms with E-state index in [0.29, 0.717) is 26.1 Å². The first kappa shape index (κ1) is 33.2. The number of alkyl halides is 3. The van der Waals surface area contributed by atoms with Crippen LogP contribution in [0, 0.1) is 12.8 Å². The van der Waals surface area contributed by atoms with Crippen molar-refractivity contribution in [3.8, 4) is 0 Å². The number of nitrogens with one attached hydrogen (secondary N) is 2. The standard InChI is InChI=1S/C30H35N3O3S.C2HF3O2/c1-21-11-13-28(14-12-21)37(35,36)32-27-17-25(18-31-19-27)30(34)33(2)20-26-16-23-8-4-3-7-22(23)15-24-9-5-6-10-29(24)26;3-2(4,5)1(6)7/h3-14,25-27,31-32H,15-20H2,1-2H3;(H,6,7)/t25-,26?,27+;/m0./s1. The van der Waals surface area contributed by atoms with Crippen LogP contribution in [0.15, 0.2) is 77.7 Å². The fraction of sp³-hybridized carbons (Fsp3) is 0.375. The van der Waals surface area contributed by atoms with E-state index in [1.807, 2.05) is 18.9 Å². The van der Waals surface area contributed by atoms with Crippen molar-refractivity contribution in [3.63, 3.8) is 0 Å². The van der Waals surface area contributed by atoms with Crippen molar-refractivity contribution in [3.05, 3.63) is 101 Å². The van der Waals surface area contributed by atoms with Crippen molar-refractivity contribution in [2.75, 3.05) is 26.7 Å². The van der Waals surface area contributed by atoms with Crippen LogP contribution in [0.25, 0.3) is 0 Å². The Morgan fingerprint density at radius 1 is 0.955 bits per heavy atom. The smallest absolute Gasteiger partial charge is 0.475 e. The summed E-state index contributed by atoms with van der Waals surface area (Å²) in [6.07, 6.45) is -2.80. The number of aryl methyl sites for hydroxylation is 1. The molecule has 1 fully saturated rings. The highest BCUT2D eigenvalue weighted by molar-refractivity contribution is 7.89. The Bertz CT molecular complexity index is 1580. The van der Waals surface area contributed by atoms with Gasteiger partial charge in [-0.1, -0.05) is 66.2 Å². The van der Waals surface area contributed by atoms with E-state index in [4.69, 9.17) is 9.90 Å². The molecule has 1 aliphatic carbocycles. The van der Waals surface area contributed by atoms with Crippen molar-refractivity contribution < 1.29 is 36.3 Å². The summed E-state index contributed by atoms with van der Waals surface area (Å²) in [7, 11) is -1.77. The maximum absolute atomic E-state index is 13.5. The Kier molecular flexibility index (Phi) is 10.5. The molecule has 5 rings (SSSR count). The maximum atomic E-state index is 13.5. The lowest BCUT2D eigenvalue weighted by molar-refractivity contribution is -0.192. The molecule has 3 atom stereocenters. The molecule has 1 unspecified atom stereocenters. The molecule has 3 aromatic carbocycles. The fourth-order valence-electron chi connectivity index (χ4n) is 5.72. The third-order valence-electron chi connectivity index (χ3n) is 7.93. The lowest BCUT2D eigenvalue weighted by atomic mass is 9.90. The first-order valence-electron chi connectivity index (χ1n) is 14.2. The quantitative estimate of drug-likeness (QED) is 0.374. The Morgan fingerprint density at radius 3 is 2.18 bits per heavy atom. The van der Waals surface area contributed by atoms with Crippen molar-refractivity contribution >= 4 is 21.9 Å². The Labute approximate surface area is 255 Å². The second-order valence-electron chi connectivity index (χ2n) is 11.3. The second-order valence-corrected chi connectivity index (χ2v) is 13.0. The zero-order chi connectivity index (χ0) is 32.1. The van der Waals surface area contributed by atoms with Crippen LogP contribution in [-0.2, 0) is 32.5 Å². The topological polar surface area (TPSA) is 116 Å². The Hall–Kier alpha value is -3.74. The van der Waals surface area contributed by atoms with Crippen LogP contribution in [0.4, 0.5) is 13.2 Å². The highest BCUT2D eigenvalue weighted by atomic mass is 32.2. The number of halogens is 3. The lowest BCUT2D eigenvalue weighted by Gasteiger charge is -2.33. The third-order valence-corrected chi connectivity index (χ3v) is 9.46. The van der Waals surface area contributed by atoms with E-state index >= 15 is 0 Å². The summed E-state index contributed by atoms with van der Waals surface area (Å²) in [4.78, 5) is 24.5. The van der Waals surface area contributed by atoms with Crippen LogP contribution < -0.4 is 10.0 Å². The molecule has 12 heteroatoms. The van der Waals surface area contributed by atoms with Crippen LogP contribution in [0.1, 0.15) is 40.2 Å². The van der Waals surface area contributed by atoms with Gasteiger partial charge in [-0.25, -0.2) is 17.9 Å². The molecule has 1 saturated heterocycles. The van der Waals surface area contributed by atoms with Gasteiger partial charge in [-0.05, 0) is 60.6 Å². The number of rotatable bonds is 6. The molecular weight excluding hydrogens is 595 g/mol. The zero-order valence-corrected chi connectivity index (χ0v) is 25.3. The predicted molar refractivity (Wildman–Crippen MR) is 160 cm³/mol. The van der Waals surface area contributed by atoms with E-state index in [9.17, 15) is 26.4 Å². The minimum atomic E-state index is -5.08. The van der Waals surface area contributed by atoms with Gasteiger partial charge in [-0.15, -0.1) is 0 Å². The highest BCUT2D eigenvalue weighted by Crippen LogP contribution is 2.33. The normalized spacial score (nSPS) is 19.8. The number of carbonyl (C=O) groups is 2. The number of hydrogen-bond acceptors (Lipinski definition) is 5. The van der Waals surface area contributed by atoms with E-state index in [1.165, 1.54) is 22.3 Å². The number of carboxylic acids is 1. The molecule has 0 aromatic heterocycles. The molecule has 8 nitrogen and oxygen atoms in total. The fourth-order valence-corrected chi connectivity index (χ4v) is 6.97. The van der Waals surface area contributed by atoms with Crippen LogP contribution in [0.3, 0.4) is 0 Å². The summed E-state index contributed by atoms with van der Waals surface area (Å²) in [5, 5.41) is 10.4. The molecule has 236 valence electrons. The van der Waals surface area contributed by atoms with Gasteiger partial charge in [0, 0.05) is 38.6 Å². The van der Waals surface area contributed by atoms with Crippen molar-refractivity contribution in [2.45, 2.75) is 49.2 Å². The maximum Gasteiger partial charge on any atom is 0.490 e. The van der Waals surface area contributed by atoms with E-state index < -0.39 is 22.2 Å². The predicted octanol–water partition coefficient (Wildman–Crippen LogP) is 4.27. The average molecular weight is 632 g/mol. The van der Waals surface area contributed by atoms with Crippen LogP contribution in [-0.4, -0.2) is 69.2 Å². The van der Waals surface area contributed by atoms with Gasteiger partial charge < -0.3 is 15.3 Å². The van der Waals surface area contributed by atoms with E-state index in [2.05, 4.69) is 58.6 Å². The summed E-state index contributed by atoms with van der Waals surface area (Å²) in [6, 6.07) is 23.6. The van der Waals surface area contributed by atoms with E-state index in [-0.39, 0.29) is 28.7 Å². The van der Waals surface area contributed by atoms with Crippen LogP contribution >= 0.6 is 0 Å². The highest BCUT2D eigenvalue weighted by Gasteiger charge is 2.38. The lowest BCUT2D eigenvalue weighted by Crippen LogP contribution is -2.52. The molecule has 1 aliphatic heterocycles. The number of amides is 1.